The van der Waals surface area contributed by atoms with Crippen molar-refractivity contribution in [3.05, 3.63) is 65.2 Å². The van der Waals surface area contributed by atoms with Crippen molar-refractivity contribution in [2.45, 2.75) is 26.4 Å². The summed E-state index contributed by atoms with van der Waals surface area (Å²) in [5, 5.41) is 2.09. The second-order valence-corrected chi connectivity index (χ2v) is 5.38. The molecule has 6 heteroatoms. The number of hydrogen-bond donors (Lipinski definition) is 1. The highest BCUT2D eigenvalue weighted by Crippen LogP contribution is 2.18. The quantitative estimate of drug-likeness (QED) is 0.854. The summed E-state index contributed by atoms with van der Waals surface area (Å²) < 4.78 is 32.0. The molecule has 0 fully saturated rings. The molecule has 2 aromatic rings. The molecule has 0 aliphatic heterocycles. The van der Waals surface area contributed by atoms with Gasteiger partial charge in [-0.3, -0.25) is 9.59 Å². The number of benzene rings is 2. The maximum Gasteiger partial charge on any atom is 0.311 e. The van der Waals surface area contributed by atoms with E-state index in [2.05, 4.69) is 5.32 Å². The Bertz CT molecular complexity index is 724. The molecule has 24 heavy (non-hydrogen) atoms. The molecule has 0 heterocycles. The minimum absolute atomic E-state index is 0.00591. The van der Waals surface area contributed by atoms with Gasteiger partial charge in [0.1, 0.15) is 17.3 Å². The summed E-state index contributed by atoms with van der Waals surface area (Å²) in [5.41, 5.74) is 1.24. The van der Waals surface area contributed by atoms with Crippen LogP contribution in [0.2, 0.25) is 0 Å². The zero-order chi connectivity index (χ0) is 17.7. The van der Waals surface area contributed by atoms with Crippen LogP contribution in [-0.2, 0) is 20.7 Å². The highest BCUT2D eigenvalue weighted by atomic mass is 19.1. The highest BCUT2D eigenvalue weighted by Gasteiger charge is 2.20. The van der Waals surface area contributed by atoms with E-state index in [1.54, 1.807) is 12.1 Å². The Hall–Kier alpha value is -2.76. The molecule has 0 aromatic heterocycles. The second-order valence-electron chi connectivity index (χ2n) is 5.38. The summed E-state index contributed by atoms with van der Waals surface area (Å²) >= 11 is 0. The molecule has 2 aromatic carbocycles. The van der Waals surface area contributed by atoms with Crippen molar-refractivity contribution in [2.75, 3.05) is 5.32 Å². The lowest BCUT2D eigenvalue weighted by Gasteiger charge is -2.14. The van der Waals surface area contributed by atoms with Gasteiger partial charge in [0.15, 0.2) is 6.10 Å². The number of aryl methyl sites for hydroxylation is 1. The van der Waals surface area contributed by atoms with E-state index in [0.717, 1.165) is 23.3 Å². The molecule has 4 nitrogen and oxygen atoms in total. The van der Waals surface area contributed by atoms with Crippen LogP contribution in [0.1, 0.15) is 18.1 Å². The molecule has 0 radical (unpaired) electrons. The zero-order valence-electron chi connectivity index (χ0n) is 13.3. The third kappa shape index (κ3) is 4.62. The highest BCUT2D eigenvalue weighted by molar-refractivity contribution is 5.95. The van der Waals surface area contributed by atoms with E-state index in [4.69, 9.17) is 4.74 Å². The fraction of sp³-hybridized carbons (Fsp3) is 0.222. The Balaban J connectivity index is 1.93. The van der Waals surface area contributed by atoms with Crippen LogP contribution in [0.4, 0.5) is 14.5 Å². The average Bonchev–Trinajstić information content (AvgIpc) is 2.53. The molecule has 1 amide bonds. The van der Waals surface area contributed by atoms with Gasteiger partial charge < -0.3 is 10.1 Å². The Kier molecular flexibility index (Phi) is 5.63. The minimum Gasteiger partial charge on any atom is -0.452 e. The van der Waals surface area contributed by atoms with E-state index in [-0.39, 0.29) is 6.42 Å². The number of ether oxygens (including phenoxy) is 1. The van der Waals surface area contributed by atoms with E-state index >= 15 is 0 Å². The van der Waals surface area contributed by atoms with Crippen molar-refractivity contribution >= 4 is 17.6 Å². The Morgan fingerprint density at radius 1 is 1.08 bits per heavy atom. The number of esters is 1. The van der Waals surface area contributed by atoms with Gasteiger partial charge in [-0.1, -0.05) is 35.9 Å². The molecule has 0 saturated carbocycles. The molecule has 0 aliphatic carbocycles. The van der Waals surface area contributed by atoms with Gasteiger partial charge in [-0.25, -0.2) is 8.78 Å². The molecule has 2 rings (SSSR count). The lowest BCUT2D eigenvalue weighted by Crippen LogP contribution is -2.31. The van der Waals surface area contributed by atoms with Gasteiger partial charge in [0.25, 0.3) is 5.91 Å². The third-order valence-corrected chi connectivity index (χ3v) is 3.36. The number of halogens is 2. The van der Waals surface area contributed by atoms with E-state index in [0.29, 0.717) is 0 Å². The maximum absolute atomic E-state index is 13.5. The summed E-state index contributed by atoms with van der Waals surface area (Å²) in [6, 6.07) is 10.5. The van der Waals surface area contributed by atoms with Crippen molar-refractivity contribution in [1.82, 2.24) is 0 Å². The first-order valence-corrected chi connectivity index (χ1v) is 7.36. The van der Waals surface area contributed by atoms with Gasteiger partial charge in [-0.05, 0) is 31.5 Å². The monoisotopic (exact) mass is 333 g/mol. The number of nitrogens with one attached hydrogen (secondary N) is 1. The predicted molar refractivity (Wildman–Crippen MR) is 85.4 cm³/mol. The average molecular weight is 333 g/mol. The molecular weight excluding hydrogens is 316 g/mol. The van der Waals surface area contributed by atoms with Crippen LogP contribution in [0.3, 0.4) is 0 Å². The second kappa shape index (κ2) is 7.68. The van der Waals surface area contributed by atoms with Gasteiger partial charge in [0.05, 0.1) is 6.42 Å². The Morgan fingerprint density at radius 2 is 1.67 bits per heavy atom. The molecule has 1 atom stereocenters. The van der Waals surface area contributed by atoms with E-state index in [9.17, 15) is 18.4 Å². The fourth-order valence-electron chi connectivity index (χ4n) is 2.01. The largest absolute Gasteiger partial charge is 0.452 e. The van der Waals surface area contributed by atoms with Crippen LogP contribution in [-0.4, -0.2) is 18.0 Å². The van der Waals surface area contributed by atoms with E-state index in [1.165, 1.54) is 13.0 Å². The molecule has 1 N–H and O–H groups in total. The van der Waals surface area contributed by atoms with Gasteiger partial charge in [0, 0.05) is 0 Å². The van der Waals surface area contributed by atoms with Crippen LogP contribution in [0.5, 0.6) is 0 Å². The first kappa shape index (κ1) is 17.6. The summed E-state index contributed by atoms with van der Waals surface area (Å²) in [7, 11) is 0. The number of carbonyl (C=O) groups is 2. The minimum atomic E-state index is -1.18. The van der Waals surface area contributed by atoms with Crippen molar-refractivity contribution < 1.29 is 23.1 Å². The van der Waals surface area contributed by atoms with Crippen molar-refractivity contribution in [3.8, 4) is 0 Å². The van der Waals surface area contributed by atoms with Crippen LogP contribution in [0.25, 0.3) is 0 Å². The molecule has 0 unspecified atom stereocenters. The van der Waals surface area contributed by atoms with Crippen molar-refractivity contribution in [1.29, 1.82) is 0 Å². The maximum atomic E-state index is 13.5. The standard InChI is InChI=1S/C18H17F2NO3/c1-11-6-8-13(9-7-11)10-16(22)24-12(2)18(23)21-17-14(19)4-3-5-15(17)20/h3-9,12H,10H2,1-2H3,(H,21,23)/t12-/m0/s1. The molecule has 0 saturated heterocycles. The SMILES string of the molecule is Cc1ccc(CC(=O)O[C@@H](C)C(=O)Nc2c(F)cccc2F)cc1. The number of carbonyl (C=O) groups excluding carboxylic acids is 2. The predicted octanol–water partition coefficient (Wildman–Crippen LogP) is 3.39. The summed E-state index contributed by atoms with van der Waals surface area (Å²) in [6.45, 7) is 3.26. The lowest BCUT2D eigenvalue weighted by atomic mass is 10.1. The third-order valence-electron chi connectivity index (χ3n) is 3.36. The molecule has 126 valence electrons. The lowest BCUT2D eigenvalue weighted by molar-refractivity contribution is -0.152. The number of para-hydroxylation sites is 1. The number of rotatable bonds is 5. The van der Waals surface area contributed by atoms with Crippen LogP contribution in [0, 0.1) is 18.6 Å². The summed E-state index contributed by atoms with van der Waals surface area (Å²) in [4.78, 5) is 23.8. The van der Waals surface area contributed by atoms with Gasteiger partial charge in [0.2, 0.25) is 0 Å². The van der Waals surface area contributed by atoms with E-state index < -0.39 is 35.3 Å². The summed E-state index contributed by atoms with van der Waals surface area (Å²) in [5.74, 6) is -3.21. The van der Waals surface area contributed by atoms with E-state index in [1.807, 2.05) is 19.1 Å². The normalized spacial score (nSPS) is 11.7. The van der Waals surface area contributed by atoms with Crippen molar-refractivity contribution in [2.24, 2.45) is 0 Å². The fourth-order valence-corrected chi connectivity index (χ4v) is 2.01. The topological polar surface area (TPSA) is 55.4 Å². The zero-order valence-corrected chi connectivity index (χ0v) is 13.3. The molecule has 0 aliphatic rings. The van der Waals surface area contributed by atoms with Crippen LogP contribution < -0.4 is 5.32 Å². The smallest absolute Gasteiger partial charge is 0.311 e. The van der Waals surface area contributed by atoms with Crippen LogP contribution in [0.15, 0.2) is 42.5 Å². The molecule has 0 spiro atoms. The van der Waals surface area contributed by atoms with Gasteiger partial charge in [-0.2, -0.15) is 0 Å². The van der Waals surface area contributed by atoms with Crippen LogP contribution >= 0.6 is 0 Å². The summed E-state index contributed by atoms with van der Waals surface area (Å²) in [6.07, 6.45) is -1.17. The van der Waals surface area contributed by atoms with Gasteiger partial charge >= 0.3 is 5.97 Å². The number of hydrogen-bond acceptors (Lipinski definition) is 3. The Morgan fingerprint density at radius 3 is 2.25 bits per heavy atom. The first-order chi connectivity index (χ1) is 11.4. The molecule has 0 bridgehead atoms. The number of anilines is 1. The first-order valence-electron chi connectivity index (χ1n) is 7.36. The Labute approximate surface area is 138 Å². The molecular formula is C18H17F2NO3. The van der Waals surface area contributed by atoms with Gasteiger partial charge in [-0.15, -0.1) is 0 Å². The van der Waals surface area contributed by atoms with Crippen molar-refractivity contribution in [3.63, 3.8) is 0 Å². The number of amides is 1.